The normalized spacial score (nSPS) is 20.3. The average molecular weight is 995 g/mol. The molecule has 3 heterocycles. The van der Waals surface area contributed by atoms with E-state index in [1.54, 1.807) is 0 Å². The summed E-state index contributed by atoms with van der Waals surface area (Å²) in [6, 6.07) is 42.1. The second kappa shape index (κ2) is 15.7. The van der Waals surface area contributed by atoms with Crippen LogP contribution >= 0.6 is 0 Å². The third kappa shape index (κ3) is 7.38. The zero-order valence-electron chi connectivity index (χ0n) is 48.4. The number of furan rings is 1. The molecule has 0 amide bonds. The van der Waals surface area contributed by atoms with Crippen molar-refractivity contribution in [2.75, 3.05) is 9.80 Å². The lowest BCUT2D eigenvalue weighted by atomic mass is 9.33. The van der Waals surface area contributed by atoms with E-state index >= 15 is 0 Å². The van der Waals surface area contributed by atoms with E-state index < -0.39 is 8.07 Å². The van der Waals surface area contributed by atoms with Gasteiger partial charge in [-0.2, -0.15) is 0 Å². The smallest absolute Gasteiger partial charge is 0.257 e. The van der Waals surface area contributed by atoms with Crippen molar-refractivity contribution in [3.05, 3.63) is 142 Å². The fraction of sp³-hybridized carbons (Fsp3) is 0.449. The summed E-state index contributed by atoms with van der Waals surface area (Å²) in [6.07, 6.45) is 7.00. The van der Waals surface area contributed by atoms with Crippen LogP contribution in [0.1, 0.15) is 181 Å². The Hall–Kier alpha value is -5.26. The monoisotopic (exact) mass is 995 g/mol. The highest BCUT2D eigenvalue weighted by Crippen LogP contribution is 2.55. The molecule has 0 N–H and O–H groups in total. The van der Waals surface area contributed by atoms with Gasteiger partial charge in [0.15, 0.2) is 0 Å². The van der Waals surface area contributed by atoms with Crippen LogP contribution in [0, 0.1) is 0 Å². The van der Waals surface area contributed by atoms with Crippen LogP contribution in [0.5, 0.6) is 0 Å². The molecule has 7 aromatic rings. The lowest BCUT2D eigenvalue weighted by Crippen LogP contribution is -2.61. The van der Waals surface area contributed by atoms with Gasteiger partial charge < -0.3 is 9.32 Å². The SMILES string of the molecule is CC(C)(C)c1ccc2c(c1)B1c3c(cc(-c4ccccc4[Si](C)(C)C)cc3N(c3ccc4c(c3)C(C)(C)CCC4(C)C)c3oc4cc5c(cc4c31)C(C)(C)CCC5(C)C)N2c1ccc2c(c1)C(C)(C)CCC2(C)C. The van der Waals surface area contributed by atoms with E-state index in [9.17, 15) is 0 Å². The van der Waals surface area contributed by atoms with Crippen LogP contribution in [-0.2, 0) is 37.9 Å². The molecule has 382 valence electrons. The first kappa shape index (κ1) is 49.6. The number of rotatable bonds is 4. The van der Waals surface area contributed by atoms with Crippen LogP contribution in [0.15, 0.2) is 108 Å². The molecule has 0 unspecified atom stereocenters. The lowest BCUT2D eigenvalue weighted by molar-refractivity contribution is 0.332. The molecule has 5 aliphatic rings. The molecule has 0 radical (unpaired) electrons. The minimum Gasteiger partial charge on any atom is -0.440 e. The molecule has 3 aliphatic carbocycles. The third-order valence-corrected chi connectivity index (χ3v) is 21.8. The summed E-state index contributed by atoms with van der Waals surface area (Å²) in [4.78, 5) is 5.28. The van der Waals surface area contributed by atoms with Crippen LogP contribution in [0.3, 0.4) is 0 Å². The van der Waals surface area contributed by atoms with Crippen molar-refractivity contribution in [2.24, 2.45) is 0 Å². The Kier molecular flexibility index (Phi) is 10.5. The number of fused-ring (bicyclic) bond motifs is 9. The highest BCUT2D eigenvalue weighted by Gasteiger charge is 2.49. The fourth-order valence-electron chi connectivity index (χ4n) is 14.6. The third-order valence-electron chi connectivity index (χ3n) is 19.8. The van der Waals surface area contributed by atoms with Gasteiger partial charge >= 0.3 is 0 Å². The van der Waals surface area contributed by atoms with Gasteiger partial charge in [-0.25, -0.2) is 0 Å². The number of hydrogen-bond acceptors (Lipinski definition) is 3. The van der Waals surface area contributed by atoms with E-state index in [2.05, 4.69) is 236 Å². The Bertz CT molecular complexity index is 3510. The van der Waals surface area contributed by atoms with Crippen molar-refractivity contribution in [3.63, 3.8) is 0 Å². The Morgan fingerprint density at radius 2 is 0.946 bits per heavy atom. The van der Waals surface area contributed by atoms with Gasteiger partial charge in [-0.15, -0.1) is 0 Å². The lowest BCUT2D eigenvalue weighted by Gasteiger charge is -2.45. The van der Waals surface area contributed by atoms with Gasteiger partial charge in [-0.1, -0.05) is 177 Å². The van der Waals surface area contributed by atoms with Crippen molar-refractivity contribution >= 4 is 81.7 Å². The topological polar surface area (TPSA) is 19.6 Å². The Morgan fingerprint density at radius 1 is 0.473 bits per heavy atom. The summed E-state index contributed by atoms with van der Waals surface area (Å²) in [5.74, 6) is 0.961. The molecule has 6 aromatic carbocycles. The molecular formula is C69H83BN2OSi. The van der Waals surface area contributed by atoms with Crippen molar-refractivity contribution in [2.45, 2.75) is 200 Å². The molecule has 0 saturated heterocycles. The maximum Gasteiger partial charge on any atom is 0.257 e. The van der Waals surface area contributed by atoms with Gasteiger partial charge in [0, 0.05) is 39.3 Å². The molecule has 5 heteroatoms. The first-order valence-electron chi connectivity index (χ1n) is 28.3. The van der Waals surface area contributed by atoms with Crippen LogP contribution in [0.4, 0.5) is 34.3 Å². The van der Waals surface area contributed by atoms with E-state index in [0.29, 0.717) is 0 Å². The van der Waals surface area contributed by atoms with Crippen LogP contribution in [0.2, 0.25) is 19.6 Å². The van der Waals surface area contributed by atoms with Gasteiger partial charge in [0.25, 0.3) is 6.71 Å². The molecule has 74 heavy (non-hydrogen) atoms. The zero-order valence-corrected chi connectivity index (χ0v) is 49.4. The summed E-state index contributed by atoms with van der Waals surface area (Å²) in [5.41, 5.74) is 24.2. The molecule has 0 spiro atoms. The van der Waals surface area contributed by atoms with E-state index in [4.69, 9.17) is 4.42 Å². The summed E-state index contributed by atoms with van der Waals surface area (Å²) < 4.78 is 7.75. The van der Waals surface area contributed by atoms with Gasteiger partial charge in [0.1, 0.15) is 5.58 Å². The standard InChI is InChI=1S/C69H83BN2OSi/c1-63(2,3)43-23-28-55-54(37-43)70-60-47-40-52-53(69(14,15)34-33-68(52,12)13)41-58(47)73-62(60)72(45-25-27-49-51(39-45)67(10,11)32-30-65(49,6)7)57-36-42(46-21-19-20-22-59(46)74(16,17)18)35-56(61(57)70)71(55)44-24-26-48-50(38-44)66(8,9)31-29-64(48,4)5/h19-28,35-41H,29-34H2,1-18H3. The van der Waals surface area contributed by atoms with Gasteiger partial charge in [-0.3, -0.25) is 4.90 Å². The average Bonchev–Trinajstić information content (AvgIpc) is 3.70. The first-order valence-corrected chi connectivity index (χ1v) is 31.8. The molecule has 1 aromatic heterocycles. The van der Waals surface area contributed by atoms with E-state index in [1.165, 1.54) is 125 Å². The largest absolute Gasteiger partial charge is 0.440 e. The molecule has 0 atom stereocenters. The number of benzene rings is 6. The van der Waals surface area contributed by atoms with Crippen LogP contribution < -0.4 is 31.4 Å². The molecule has 3 nitrogen and oxygen atoms in total. The van der Waals surface area contributed by atoms with Crippen LogP contribution in [-0.4, -0.2) is 14.8 Å². The second-order valence-electron chi connectivity index (χ2n) is 29.8. The fourth-order valence-corrected chi connectivity index (χ4v) is 16.2. The van der Waals surface area contributed by atoms with Crippen molar-refractivity contribution in [1.29, 1.82) is 0 Å². The highest BCUT2D eigenvalue weighted by molar-refractivity contribution is 7.01. The van der Waals surface area contributed by atoms with Crippen molar-refractivity contribution in [3.8, 4) is 11.1 Å². The van der Waals surface area contributed by atoms with E-state index in [1.807, 2.05) is 0 Å². The second-order valence-corrected chi connectivity index (χ2v) is 34.9. The molecular weight excluding hydrogens is 912 g/mol. The molecule has 12 rings (SSSR count). The van der Waals surface area contributed by atoms with Crippen LogP contribution in [0.25, 0.3) is 22.1 Å². The first-order chi connectivity index (χ1) is 34.4. The molecule has 0 saturated carbocycles. The van der Waals surface area contributed by atoms with Crippen molar-refractivity contribution < 1.29 is 4.42 Å². The maximum atomic E-state index is 7.75. The summed E-state index contributed by atoms with van der Waals surface area (Å²) in [5, 5.41) is 2.74. The maximum absolute atomic E-state index is 7.75. The number of hydrogen-bond donors (Lipinski definition) is 0. The molecule has 0 fully saturated rings. The van der Waals surface area contributed by atoms with E-state index in [-0.39, 0.29) is 44.6 Å². The zero-order chi connectivity index (χ0) is 52.8. The Labute approximate surface area is 446 Å². The minimum absolute atomic E-state index is 0.0253. The Morgan fingerprint density at radius 3 is 1.47 bits per heavy atom. The van der Waals surface area contributed by atoms with Crippen molar-refractivity contribution in [1.82, 2.24) is 0 Å². The summed E-state index contributed by atoms with van der Waals surface area (Å²) in [7, 11) is -1.82. The van der Waals surface area contributed by atoms with Gasteiger partial charge in [0.05, 0.1) is 8.07 Å². The quantitative estimate of drug-likeness (QED) is 0.164. The van der Waals surface area contributed by atoms with Gasteiger partial charge in [-0.05, 0) is 192 Å². The number of anilines is 6. The minimum atomic E-state index is -1.82. The predicted octanol–water partition coefficient (Wildman–Crippen LogP) is 17.1. The summed E-state index contributed by atoms with van der Waals surface area (Å²) >= 11 is 0. The predicted molar refractivity (Wildman–Crippen MR) is 323 cm³/mol. The highest BCUT2D eigenvalue weighted by atomic mass is 28.3. The van der Waals surface area contributed by atoms with E-state index in [0.717, 1.165) is 30.7 Å². The molecule has 0 bridgehead atoms. The number of nitrogens with zero attached hydrogens (tertiary/aromatic N) is 2. The molecule has 2 aliphatic heterocycles. The summed E-state index contributed by atoms with van der Waals surface area (Å²) in [6.45, 7) is 44.1. The van der Waals surface area contributed by atoms with Gasteiger partial charge in [0.2, 0.25) is 5.88 Å². The Balaban J connectivity index is 1.25.